The summed E-state index contributed by atoms with van der Waals surface area (Å²) in [7, 11) is 1.57. The molecule has 0 radical (unpaired) electrons. The molecule has 0 atom stereocenters. The van der Waals surface area contributed by atoms with E-state index in [0.717, 1.165) is 11.1 Å². The Bertz CT molecular complexity index is 1100. The fraction of sp³-hybridized carbons (Fsp3) is 0.130. The Balaban J connectivity index is 1.53. The molecule has 0 fully saturated rings. The average Bonchev–Trinajstić information content (AvgIpc) is 3.37. The van der Waals surface area contributed by atoms with Gasteiger partial charge in [0.15, 0.2) is 23.0 Å². The molecule has 1 aliphatic rings. The Morgan fingerprint density at radius 3 is 2.72 bits per heavy atom. The quantitative estimate of drug-likeness (QED) is 0.458. The van der Waals surface area contributed by atoms with Crippen molar-refractivity contribution in [3.05, 3.63) is 89.0 Å². The number of aryl methyl sites for hydroxylation is 1. The van der Waals surface area contributed by atoms with Crippen LogP contribution in [0.15, 0.2) is 76.0 Å². The monoisotopic (exact) mass is 389 g/mol. The van der Waals surface area contributed by atoms with Crippen LogP contribution in [0.25, 0.3) is 6.08 Å². The lowest BCUT2D eigenvalue weighted by molar-refractivity contribution is -0.130. The molecule has 0 bridgehead atoms. The Labute approximate surface area is 168 Å². The largest absolute Gasteiger partial charge is 0.493 e. The summed E-state index contributed by atoms with van der Waals surface area (Å²) in [6.45, 7) is 2.47. The molecule has 6 heteroatoms. The Morgan fingerprint density at radius 2 is 1.97 bits per heavy atom. The SMILES string of the molecule is COc1cc(/C=C2\N=C(c3ccco3)OC2=O)ccc1OCc1cccc(C)c1. The minimum Gasteiger partial charge on any atom is -0.493 e. The van der Waals surface area contributed by atoms with Crippen LogP contribution < -0.4 is 9.47 Å². The topological polar surface area (TPSA) is 70.3 Å². The van der Waals surface area contributed by atoms with E-state index in [1.54, 1.807) is 37.5 Å². The van der Waals surface area contributed by atoms with Crippen LogP contribution in [0.4, 0.5) is 0 Å². The van der Waals surface area contributed by atoms with Crippen molar-refractivity contribution in [2.24, 2.45) is 4.99 Å². The number of esters is 1. The van der Waals surface area contributed by atoms with E-state index in [9.17, 15) is 4.79 Å². The molecule has 0 N–H and O–H groups in total. The van der Waals surface area contributed by atoms with Gasteiger partial charge in [0.25, 0.3) is 5.90 Å². The van der Waals surface area contributed by atoms with Crippen LogP contribution in [0.5, 0.6) is 11.5 Å². The molecule has 1 aromatic heterocycles. The first-order valence-electron chi connectivity index (χ1n) is 9.05. The Hall–Kier alpha value is -3.80. The number of hydrogen-bond acceptors (Lipinski definition) is 6. The van der Waals surface area contributed by atoms with Gasteiger partial charge in [0.1, 0.15) is 6.61 Å². The predicted molar refractivity (Wildman–Crippen MR) is 108 cm³/mol. The molecule has 0 amide bonds. The Morgan fingerprint density at radius 1 is 1.07 bits per heavy atom. The van der Waals surface area contributed by atoms with Crippen LogP contribution in [0.2, 0.25) is 0 Å². The maximum Gasteiger partial charge on any atom is 0.363 e. The highest BCUT2D eigenvalue weighted by atomic mass is 16.6. The minimum absolute atomic E-state index is 0.149. The number of methoxy groups -OCH3 is 1. The lowest BCUT2D eigenvalue weighted by Gasteiger charge is -2.12. The van der Waals surface area contributed by atoms with Gasteiger partial charge in [-0.3, -0.25) is 0 Å². The molecule has 0 aliphatic carbocycles. The molecule has 0 saturated carbocycles. The van der Waals surface area contributed by atoms with E-state index >= 15 is 0 Å². The molecule has 0 spiro atoms. The van der Waals surface area contributed by atoms with Gasteiger partial charge in [0.05, 0.1) is 13.4 Å². The maximum absolute atomic E-state index is 12.1. The zero-order chi connectivity index (χ0) is 20.2. The van der Waals surface area contributed by atoms with Crippen LogP contribution in [0, 0.1) is 6.92 Å². The van der Waals surface area contributed by atoms with Crippen molar-refractivity contribution in [2.75, 3.05) is 7.11 Å². The van der Waals surface area contributed by atoms with E-state index in [0.29, 0.717) is 23.9 Å². The van der Waals surface area contributed by atoms with Gasteiger partial charge < -0.3 is 18.6 Å². The van der Waals surface area contributed by atoms with Crippen molar-refractivity contribution < 1.29 is 23.4 Å². The van der Waals surface area contributed by atoms with Crippen molar-refractivity contribution in [1.29, 1.82) is 0 Å². The molecule has 2 heterocycles. The van der Waals surface area contributed by atoms with Gasteiger partial charge in [-0.25, -0.2) is 9.79 Å². The summed E-state index contributed by atoms with van der Waals surface area (Å²) in [6, 6.07) is 16.9. The van der Waals surface area contributed by atoms with E-state index in [-0.39, 0.29) is 11.6 Å². The third kappa shape index (κ3) is 4.21. The van der Waals surface area contributed by atoms with E-state index in [1.165, 1.54) is 11.8 Å². The number of hydrogen-bond donors (Lipinski definition) is 0. The van der Waals surface area contributed by atoms with Crippen molar-refractivity contribution >= 4 is 17.9 Å². The van der Waals surface area contributed by atoms with Crippen LogP contribution in [-0.2, 0) is 16.1 Å². The third-order valence-corrected chi connectivity index (χ3v) is 4.32. The highest BCUT2D eigenvalue weighted by Gasteiger charge is 2.25. The number of ether oxygens (including phenoxy) is 3. The number of benzene rings is 2. The number of aliphatic imine (C=N–C) groups is 1. The van der Waals surface area contributed by atoms with Gasteiger partial charge in [0, 0.05) is 0 Å². The summed E-state index contributed by atoms with van der Waals surface area (Å²) in [4.78, 5) is 16.3. The molecule has 0 unspecified atom stereocenters. The average molecular weight is 389 g/mol. The Kier molecular flexibility index (Phi) is 5.16. The van der Waals surface area contributed by atoms with Crippen molar-refractivity contribution in [3.63, 3.8) is 0 Å². The van der Waals surface area contributed by atoms with Gasteiger partial charge >= 0.3 is 5.97 Å². The first-order chi connectivity index (χ1) is 14.1. The second-order valence-corrected chi connectivity index (χ2v) is 6.50. The van der Waals surface area contributed by atoms with Crippen molar-refractivity contribution in [1.82, 2.24) is 0 Å². The third-order valence-electron chi connectivity index (χ3n) is 4.32. The van der Waals surface area contributed by atoms with Gasteiger partial charge in [-0.05, 0) is 48.4 Å². The zero-order valence-electron chi connectivity index (χ0n) is 16.0. The summed E-state index contributed by atoms with van der Waals surface area (Å²) in [6.07, 6.45) is 3.12. The number of cyclic esters (lactones) is 1. The van der Waals surface area contributed by atoms with E-state index in [1.807, 2.05) is 31.2 Å². The summed E-state index contributed by atoms with van der Waals surface area (Å²) >= 11 is 0. The molecule has 6 nitrogen and oxygen atoms in total. The molecule has 1 aliphatic heterocycles. The summed E-state index contributed by atoms with van der Waals surface area (Å²) < 4.78 is 21.7. The lowest BCUT2D eigenvalue weighted by Crippen LogP contribution is -2.04. The second kappa shape index (κ2) is 8.06. The van der Waals surface area contributed by atoms with Gasteiger partial charge in [-0.1, -0.05) is 35.9 Å². The molecule has 4 rings (SSSR count). The highest BCUT2D eigenvalue weighted by molar-refractivity contribution is 6.11. The van der Waals surface area contributed by atoms with Crippen LogP contribution in [0.1, 0.15) is 22.5 Å². The number of furan rings is 1. The minimum atomic E-state index is -0.532. The number of rotatable bonds is 6. The first kappa shape index (κ1) is 18.6. The van der Waals surface area contributed by atoms with Crippen molar-refractivity contribution in [3.8, 4) is 11.5 Å². The fourth-order valence-electron chi connectivity index (χ4n) is 2.93. The van der Waals surface area contributed by atoms with Crippen molar-refractivity contribution in [2.45, 2.75) is 13.5 Å². The number of carbonyl (C=O) groups excluding carboxylic acids is 1. The normalized spacial score (nSPS) is 14.6. The maximum atomic E-state index is 12.1. The molecule has 29 heavy (non-hydrogen) atoms. The summed E-state index contributed by atoms with van der Waals surface area (Å²) in [5.74, 6) is 1.20. The van der Waals surface area contributed by atoms with E-state index in [4.69, 9.17) is 18.6 Å². The fourth-order valence-corrected chi connectivity index (χ4v) is 2.93. The van der Waals surface area contributed by atoms with E-state index < -0.39 is 5.97 Å². The van der Waals surface area contributed by atoms with Crippen LogP contribution in [0.3, 0.4) is 0 Å². The van der Waals surface area contributed by atoms with Crippen LogP contribution in [-0.4, -0.2) is 19.0 Å². The standard InChI is InChI=1S/C23H19NO5/c1-15-5-3-6-17(11-15)14-28-19-9-8-16(13-21(19)26-2)12-18-23(25)29-22(24-18)20-7-4-10-27-20/h3-13H,14H2,1-2H3/b18-12-. The number of carbonyl (C=O) groups is 1. The zero-order valence-corrected chi connectivity index (χ0v) is 16.0. The lowest BCUT2D eigenvalue weighted by atomic mass is 10.1. The van der Waals surface area contributed by atoms with Crippen LogP contribution >= 0.6 is 0 Å². The molecular weight excluding hydrogens is 370 g/mol. The second-order valence-electron chi connectivity index (χ2n) is 6.50. The number of nitrogens with zero attached hydrogens (tertiary/aromatic N) is 1. The molecule has 3 aromatic rings. The molecule has 2 aromatic carbocycles. The van der Waals surface area contributed by atoms with Gasteiger partial charge in [-0.15, -0.1) is 0 Å². The predicted octanol–water partition coefficient (Wildman–Crippen LogP) is 4.52. The smallest absolute Gasteiger partial charge is 0.363 e. The first-order valence-corrected chi connectivity index (χ1v) is 9.05. The van der Waals surface area contributed by atoms with Gasteiger partial charge in [0.2, 0.25) is 0 Å². The summed E-state index contributed by atoms with van der Waals surface area (Å²) in [5.41, 5.74) is 3.18. The molecule has 0 saturated heterocycles. The van der Waals surface area contributed by atoms with Gasteiger partial charge in [-0.2, -0.15) is 0 Å². The highest BCUT2D eigenvalue weighted by Crippen LogP contribution is 2.30. The van der Waals surface area contributed by atoms with E-state index in [2.05, 4.69) is 11.1 Å². The molecule has 146 valence electrons. The molecular formula is C23H19NO5. The summed E-state index contributed by atoms with van der Waals surface area (Å²) in [5, 5.41) is 0.